The number of aryl methyl sites for hydroxylation is 2. The summed E-state index contributed by atoms with van der Waals surface area (Å²) in [5.74, 6) is 1.26. The summed E-state index contributed by atoms with van der Waals surface area (Å²) in [6.07, 6.45) is 13.0. The average molecular weight is 507 g/mol. The van der Waals surface area contributed by atoms with Gasteiger partial charge in [-0.15, -0.1) is 0 Å². The van der Waals surface area contributed by atoms with Gasteiger partial charge in [-0.3, -0.25) is 0 Å². The first-order valence-electron chi connectivity index (χ1n) is 14.4. The third-order valence-electron chi connectivity index (χ3n) is 7.98. The number of benzene rings is 2. The number of hydrogen-bond donors (Lipinski definition) is 0. The van der Waals surface area contributed by atoms with Crippen molar-refractivity contribution in [3.8, 4) is 11.5 Å². The molecule has 0 aromatic heterocycles. The summed E-state index contributed by atoms with van der Waals surface area (Å²) in [6, 6.07) is 9.04. The van der Waals surface area contributed by atoms with Crippen molar-refractivity contribution in [2.24, 2.45) is 0 Å². The van der Waals surface area contributed by atoms with E-state index in [0.717, 1.165) is 54.6 Å². The van der Waals surface area contributed by atoms with Crippen LogP contribution in [-0.2, 0) is 28.5 Å². The molecule has 3 rings (SSSR count). The van der Waals surface area contributed by atoms with E-state index in [1.165, 1.54) is 60.8 Å². The lowest BCUT2D eigenvalue weighted by Crippen LogP contribution is -2.17. The molecule has 0 fully saturated rings. The maximum Gasteiger partial charge on any atom is 0.132 e. The van der Waals surface area contributed by atoms with E-state index in [4.69, 9.17) is 9.47 Å². The highest BCUT2D eigenvalue weighted by molar-refractivity contribution is 5.74. The van der Waals surface area contributed by atoms with Crippen LogP contribution in [0.5, 0.6) is 11.5 Å². The van der Waals surface area contributed by atoms with Gasteiger partial charge in [0.05, 0.1) is 20.1 Å². The second-order valence-electron chi connectivity index (χ2n) is 13.0. The largest absolute Gasteiger partial charge is 0.496 e. The predicted molar refractivity (Wildman–Crippen MR) is 156 cm³/mol. The van der Waals surface area contributed by atoms with E-state index in [0.29, 0.717) is 0 Å². The Balaban J connectivity index is 2.31. The van der Waals surface area contributed by atoms with Crippen molar-refractivity contribution in [3.63, 3.8) is 0 Å². The maximum atomic E-state index is 13.0. The second kappa shape index (κ2) is 12.5. The van der Waals surface area contributed by atoms with Crippen molar-refractivity contribution in [2.75, 3.05) is 14.2 Å². The molecule has 0 saturated carbocycles. The van der Waals surface area contributed by atoms with Crippen LogP contribution in [-0.4, -0.2) is 20.5 Å². The predicted octanol–water partition coefficient (Wildman–Crippen LogP) is 8.85. The number of hydrogen-bond acceptors (Lipinski definition) is 3. The first-order chi connectivity index (χ1) is 17.5. The van der Waals surface area contributed by atoms with Gasteiger partial charge in [-0.2, -0.15) is 0 Å². The molecule has 3 nitrogen and oxygen atoms in total. The fraction of sp³-hybridized carbons (Fsp3) is 0.618. The van der Waals surface area contributed by atoms with E-state index >= 15 is 0 Å². The zero-order valence-corrected chi connectivity index (χ0v) is 24.8. The molecule has 0 heterocycles. The number of fused-ring (bicyclic) bond motifs is 4. The molecule has 2 aromatic carbocycles. The summed E-state index contributed by atoms with van der Waals surface area (Å²) in [6.45, 7) is 13.5. The van der Waals surface area contributed by atoms with Gasteiger partial charge in [-0.25, -0.2) is 0 Å². The third-order valence-corrected chi connectivity index (χ3v) is 7.98. The van der Waals surface area contributed by atoms with Crippen LogP contribution in [0, 0.1) is 0 Å². The SMILES string of the molecule is COc1c2cc(C(C)(C)C)cc1C(C=O)c1cc(C(C)(C)C)cc(c1OC)CCCCCCCCCC2. The van der Waals surface area contributed by atoms with Crippen LogP contribution < -0.4 is 9.47 Å². The normalized spacial score (nSPS) is 16.6. The van der Waals surface area contributed by atoms with Crippen LogP contribution in [0.25, 0.3) is 0 Å². The molecule has 0 aliphatic heterocycles. The van der Waals surface area contributed by atoms with E-state index in [-0.39, 0.29) is 10.8 Å². The molecular formula is C34H50O3. The van der Waals surface area contributed by atoms with Crippen LogP contribution in [0.3, 0.4) is 0 Å². The Hall–Kier alpha value is -2.29. The average Bonchev–Trinajstić information content (AvgIpc) is 2.83. The standard InChI is InChI=1S/C34H50O3/c1-33(2,3)26-19-24-17-15-13-11-9-10-12-14-16-18-25-20-27(34(4,5)6)22-29(32(25)37-8)30(23-35)28(21-26)31(24)36-7/h19-23,30H,9-18H2,1-8H3. The molecule has 0 spiro atoms. The number of carbonyl (C=O) groups excluding carboxylic acids is 1. The molecular weight excluding hydrogens is 456 g/mol. The molecule has 37 heavy (non-hydrogen) atoms. The Bertz CT molecular complexity index is 971. The summed E-state index contributed by atoms with van der Waals surface area (Å²) >= 11 is 0. The Morgan fingerprint density at radius 2 is 0.973 bits per heavy atom. The fourth-order valence-electron chi connectivity index (χ4n) is 5.63. The first-order valence-corrected chi connectivity index (χ1v) is 14.4. The van der Waals surface area contributed by atoms with Crippen LogP contribution in [0.1, 0.15) is 132 Å². The van der Waals surface area contributed by atoms with Gasteiger partial charge < -0.3 is 14.3 Å². The molecule has 4 bridgehead atoms. The Morgan fingerprint density at radius 1 is 0.622 bits per heavy atom. The minimum absolute atomic E-state index is 0.0372. The highest BCUT2D eigenvalue weighted by Gasteiger charge is 2.29. The smallest absolute Gasteiger partial charge is 0.132 e. The molecule has 0 atom stereocenters. The topological polar surface area (TPSA) is 35.5 Å². The van der Waals surface area contributed by atoms with Crippen molar-refractivity contribution in [2.45, 2.75) is 122 Å². The first kappa shape index (κ1) is 29.3. The highest BCUT2D eigenvalue weighted by Crippen LogP contribution is 2.43. The minimum atomic E-state index is -0.456. The zero-order chi connectivity index (χ0) is 27.2. The fourth-order valence-corrected chi connectivity index (χ4v) is 5.63. The molecule has 2 aromatic rings. The molecule has 0 saturated heterocycles. The Morgan fingerprint density at radius 3 is 1.27 bits per heavy atom. The van der Waals surface area contributed by atoms with Crippen LogP contribution >= 0.6 is 0 Å². The zero-order valence-electron chi connectivity index (χ0n) is 24.8. The second-order valence-corrected chi connectivity index (χ2v) is 13.0. The molecule has 0 unspecified atom stereocenters. The van der Waals surface area contributed by atoms with Crippen molar-refractivity contribution < 1.29 is 14.3 Å². The van der Waals surface area contributed by atoms with Gasteiger partial charge in [-0.1, -0.05) is 104 Å². The molecule has 0 amide bonds. The molecule has 0 N–H and O–H groups in total. The molecule has 1 aliphatic carbocycles. The lowest BCUT2D eigenvalue weighted by molar-refractivity contribution is -0.108. The van der Waals surface area contributed by atoms with Crippen LogP contribution in [0.15, 0.2) is 24.3 Å². The van der Waals surface area contributed by atoms with Crippen molar-refractivity contribution in [3.05, 3.63) is 57.6 Å². The monoisotopic (exact) mass is 506 g/mol. The van der Waals surface area contributed by atoms with Gasteiger partial charge in [0.2, 0.25) is 0 Å². The highest BCUT2D eigenvalue weighted by atomic mass is 16.5. The number of carbonyl (C=O) groups is 1. The summed E-state index contributed by atoms with van der Waals surface area (Å²) < 4.78 is 12.2. The van der Waals surface area contributed by atoms with E-state index in [9.17, 15) is 4.79 Å². The summed E-state index contributed by atoms with van der Waals surface area (Å²) in [5.41, 5.74) is 6.76. The van der Waals surface area contributed by atoms with E-state index in [1.54, 1.807) is 14.2 Å². The Labute approximate surface area is 226 Å². The number of methoxy groups -OCH3 is 2. The quantitative estimate of drug-likeness (QED) is 0.390. The van der Waals surface area contributed by atoms with E-state index in [1.807, 2.05) is 0 Å². The number of rotatable bonds is 3. The van der Waals surface area contributed by atoms with E-state index < -0.39 is 5.92 Å². The van der Waals surface area contributed by atoms with Crippen LogP contribution in [0.4, 0.5) is 0 Å². The van der Waals surface area contributed by atoms with Crippen molar-refractivity contribution in [1.29, 1.82) is 0 Å². The van der Waals surface area contributed by atoms with Gasteiger partial charge in [0.1, 0.15) is 17.8 Å². The van der Waals surface area contributed by atoms with Gasteiger partial charge >= 0.3 is 0 Å². The minimum Gasteiger partial charge on any atom is -0.496 e. The Kier molecular flexibility index (Phi) is 9.89. The van der Waals surface area contributed by atoms with Crippen LogP contribution in [0.2, 0.25) is 0 Å². The lowest BCUT2D eigenvalue weighted by Gasteiger charge is -2.28. The maximum absolute atomic E-state index is 13.0. The third kappa shape index (κ3) is 7.18. The lowest BCUT2D eigenvalue weighted by atomic mass is 9.78. The number of aldehydes is 1. The molecule has 3 heteroatoms. The van der Waals surface area contributed by atoms with Gasteiger partial charge in [0, 0.05) is 11.1 Å². The summed E-state index contributed by atoms with van der Waals surface area (Å²) in [7, 11) is 3.50. The summed E-state index contributed by atoms with van der Waals surface area (Å²) in [5, 5.41) is 0. The van der Waals surface area contributed by atoms with Crippen molar-refractivity contribution in [1.82, 2.24) is 0 Å². The summed E-state index contributed by atoms with van der Waals surface area (Å²) in [4.78, 5) is 13.0. The van der Waals surface area contributed by atoms with Gasteiger partial charge in [0.15, 0.2) is 0 Å². The van der Waals surface area contributed by atoms with Crippen molar-refractivity contribution >= 4 is 6.29 Å². The molecule has 0 radical (unpaired) electrons. The van der Waals surface area contributed by atoms with E-state index in [2.05, 4.69) is 65.8 Å². The van der Waals surface area contributed by atoms with Gasteiger partial charge in [-0.05, 0) is 58.8 Å². The molecule has 204 valence electrons. The molecule has 1 aliphatic rings. The van der Waals surface area contributed by atoms with Gasteiger partial charge in [0.25, 0.3) is 0 Å². The number of ether oxygens (including phenoxy) is 2.